The van der Waals surface area contributed by atoms with Crippen molar-refractivity contribution in [3.05, 3.63) is 60.8 Å². The zero-order valence-corrected chi connectivity index (χ0v) is 39.3. The SMILES string of the molecule is CC/C=C\C/C=C\C/C=C\CCCCCCCCCCOCC(COP(=O)(O)OCC(O)CO)OC(=O)CCCCCCCCCCC/C=C\C/C=C\CCCCCCC. The second kappa shape index (κ2) is 46.7. The van der Waals surface area contributed by atoms with E-state index in [4.69, 9.17) is 23.6 Å². The molecule has 0 rings (SSSR count). The summed E-state index contributed by atoms with van der Waals surface area (Å²) in [7, 11) is -4.53. The molecule has 3 atom stereocenters. The number of carbonyl (C=O) groups is 1. The van der Waals surface area contributed by atoms with Crippen LogP contribution in [0, 0.1) is 0 Å². The summed E-state index contributed by atoms with van der Waals surface area (Å²) in [4.78, 5) is 22.7. The number of phosphoric acid groups is 1. The lowest BCUT2D eigenvalue weighted by atomic mass is 10.1. The molecule has 0 bridgehead atoms. The van der Waals surface area contributed by atoms with E-state index in [0.29, 0.717) is 6.61 Å². The van der Waals surface area contributed by atoms with Crippen molar-refractivity contribution in [1.82, 2.24) is 0 Å². The Morgan fingerprint density at radius 1 is 0.533 bits per heavy atom. The molecule has 350 valence electrons. The highest BCUT2D eigenvalue weighted by Crippen LogP contribution is 2.43. The van der Waals surface area contributed by atoms with E-state index in [2.05, 4.69) is 74.6 Å². The maximum absolute atomic E-state index is 12.7. The number of aliphatic hydroxyl groups is 2. The molecule has 3 unspecified atom stereocenters. The summed E-state index contributed by atoms with van der Waals surface area (Å²) in [6.45, 7) is 3.39. The van der Waals surface area contributed by atoms with Crippen molar-refractivity contribution < 1.29 is 43.0 Å². The molecule has 0 saturated heterocycles. The lowest BCUT2D eigenvalue weighted by molar-refractivity contribution is -0.154. The predicted molar refractivity (Wildman–Crippen MR) is 251 cm³/mol. The summed E-state index contributed by atoms with van der Waals surface area (Å²) in [6.07, 6.45) is 54.6. The van der Waals surface area contributed by atoms with Crippen LogP contribution in [0.5, 0.6) is 0 Å². The van der Waals surface area contributed by atoms with Crippen molar-refractivity contribution in [1.29, 1.82) is 0 Å². The molecule has 9 nitrogen and oxygen atoms in total. The minimum Gasteiger partial charge on any atom is -0.457 e. The monoisotopic (exact) mass is 867 g/mol. The van der Waals surface area contributed by atoms with E-state index in [0.717, 1.165) is 83.5 Å². The van der Waals surface area contributed by atoms with Crippen molar-refractivity contribution in [3.63, 3.8) is 0 Å². The second-order valence-corrected chi connectivity index (χ2v) is 17.5. The second-order valence-electron chi connectivity index (χ2n) is 16.1. The van der Waals surface area contributed by atoms with Gasteiger partial charge in [-0.3, -0.25) is 13.8 Å². The molecule has 0 saturated carbocycles. The molecule has 0 aliphatic heterocycles. The molecule has 0 aliphatic rings. The zero-order valence-electron chi connectivity index (χ0n) is 38.4. The van der Waals surface area contributed by atoms with Gasteiger partial charge in [0.05, 0.1) is 26.4 Å². The lowest BCUT2D eigenvalue weighted by Crippen LogP contribution is -2.29. The minimum absolute atomic E-state index is 0.0407. The van der Waals surface area contributed by atoms with Gasteiger partial charge in [0.25, 0.3) is 0 Å². The van der Waals surface area contributed by atoms with Gasteiger partial charge in [-0.25, -0.2) is 4.57 Å². The Kier molecular flexibility index (Phi) is 45.2. The average Bonchev–Trinajstić information content (AvgIpc) is 3.24. The molecule has 0 spiro atoms. The third kappa shape index (κ3) is 45.7. The molecule has 0 aromatic carbocycles. The van der Waals surface area contributed by atoms with E-state index in [1.165, 1.54) is 103 Å². The molecule has 0 radical (unpaired) electrons. The molecule has 0 fully saturated rings. The number of hydrogen-bond acceptors (Lipinski definition) is 8. The molecule has 0 amide bonds. The number of ether oxygens (including phenoxy) is 2. The summed E-state index contributed by atoms with van der Waals surface area (Å²) >= 11 is 0. The van der Waals surface area contributed by atoms with Gasteiger partial charge < -0.3 is 24.6 Å². The number of carbonyl (C=O) groups excluding carboxylic acids is 1. The van der Waals surface area contributed by atoms with Gasteiger partial charge in [0.15, 0.2) is 0 Å². The van der Waals surface area contributed by atoms with Gasteiger partial charge in [0.1, 0.15) is 12.2 Å². The van der Waals surface area contributed by atoms with Gasteiger partial charge in [-0.15, -0.1) is 0 Å². The summed E-state index contributed by atoms with van der Waals surface area (Å²) in [6, 6.07) is 0. The molecular weight excluding hydrogens is 776 g/mol. The van der Waals surface area contributed by atoms with E-state index in [1.807, 2.05) is 0 Å². The first-order valence-corrected chi connectivity index (χ1v) is 25.8. The summed E-state index contributed by atoms with van der Waals surface area (Å²) < 4.78 is 33.5. The van der Waals surface area contributed by atoms with Crippen LogP contribution < -0.4 is 0 Å². The highest BCUT2D eigenvalue weighted by atomic mass is 31.2. The molecule has 0 aliphatic carbocycles. The smallest absolute Gasteiger partial charge is 0.457 e. The fraction of sp³-hybridized carbons (Fsp3) is 0.780. The van der Waals surface area contributed by atoms with Crippen LogP contribution in [-0.4, -0.2) is 66.3 Å². The highest BCUT2D eigenvalue weighted by molar-refractivity contribution is 7.47. The van der Waals surface area contributed by atoms with Crippen LogP contribution >= 0.6 is 7.82 Å². The van der Waals surface area contributed by atoms with E-state index < -0.39 is 39.2 Å². The molecule has 0 aromatic heterocycles. The number of unbranched alkanes of at least 4 members (excludes halogenated alkanes) is 22. The van der Waals surface area contributed by atoms with Crippen LogP contribution in [0.15, 0.2) is 60.8 Å². The van der Waals surface area contributed by atoms with Crippen molar-refractivity contribution in [2.75, 3.05) is 33.0 Å². The number of hydrogen-bond donors (Lipinski definition) is 3. The van der Waals surface area contributed by atoms with Gasteiger partial charge in [0.2, 0.25) is 0 Å². The Labute approximate surface area is 368 Å². The number of rotatable bonds is 46. The summed E-state index contributed by atoms with van der Waals surface area (Å²) in [5, 5.41) is 18.4. The molecule has 0 heterocycles. The Bertz CT molecular complexity index is 1120. The molecule has 60 heavy (non-hydrogen) atoms. The van der Waals surface area contributed by atoms with Crippen LogP contribution in [0.25, 0.3) is 0 Å². The number of allylic oxidation sites excluding steroid dienone is 10. The van der Waals surface area contributed by atoms with E-state index >= 15 is 0 Å². The average molecular weight is 867 g/mol. The van der Waals surface area contributed by atoms with Gasteiger partial charge in [-0.1, -0.05) is 184 Å². The third-order valence-electron chi connectivity index (χ3n) is 10.2. The van der Waals surface area contributed by atoms with E-state index in [1.54, 1.807) is 0 Å². The lowest BCUT2D eigenvalue weighted by Gasteiger charge is -2.20. The Morgan fingerprint density at radius 3 is 1.43 bits per heavy atom. The summed E-state index contributed by atoms with van der Waals surface area (Å²) in [5.74, 6) is -0.390. The van der Waals surface area contributed by atoms with Crippen molar-refractivity contribution >= 4 is 13.8 Å². The largest absolute Gasteiger partial charge is 0.472 e. The van der Waals surface area contributed by atoms with Crippen LogP contribution in [0.4, 0.5) is 0 Å². The van der Waals surface area contributed by atoms with Crippen LogP contribution in [-0.2, 0) is 27.9 Å². The topological polar surface area (TPSA) is 132 Å². The number of esters is 1. The van der Waals surface area contributed by atoms with Crippen molar-refractivity contribution in [2.24, 2.45) is 0 Å². The standard InChI is InChI=1S/C50H91O9P/c1-3-5-7-9-11-13-15-17-19-21-23-24-25-26-28-30-32-34-36-38-40-42-50(53)59-49(47-58-60(54,55)57-45-48(52)44-51)46-56-43-41-39-37-35-33-31-29-27-22-20-18-16-14-12-10-8-6-4-2/h6,8,12,14-15,17-18,20-21,23,48-49,51-52H,3-5,7,9-11,13,16,19,22,24-47H2,1-2H3,(H,54,55)/b8-6-,14-12-,17-15-,20-18-,23-21-. The van der Waals surface area contributed by atoms with Crippen LogP contribution in [0.1, 0.15) is 206 Å². The maximum Gasteiger partial charge on any atom is 0.472 e. The Balaban J connectivity index is 4.13. The first-order valence-electron chi connectivity index (χ1n) is 24.3. The Morgan fingerprint density at radius 2 is 0.950 bits per heavy atom. The fourth-order valence-corrected chi connectivity index (χ4v) is 7.31. The quantitative estimate of drug-likeness (QED) is 0.0237. The first kappa shape index (κ1) is 58.2. The molecular formula is C50H91O9P. The number of phosphoric ester groups is 1. The van der Waals surface area contributed by atoms with E-state index in [-0.39, 0.29) is 19.6 Å². The van der Waals surface area contributed by atoms with Crippen molar-refractivity contribution in [3.8, 4) is 0 Å². The highest BCUT2D eigenvalue weighted by Gasteiger charge is 2.26. The number of aliphatic hydroxyl groups excluding tert-OH is 2. The van der Waals surface area contributed by atoms with Crippen molar-refractivity contribution in [2.45, 2.75) is 219 Å². The van der Waals surface area contributed by atoms with E-state index in [9.17, 15) is 19.4 Å². The Hall–Kier alpha value is -1.84. The summed E-state index contributed by atoms with van der Waals surface area (Å²) in [5.41, 5.74) is 0. The first-order chi connectivity index (χ1) is 29.3. The minimum atomic E-state index is -4.53. The predicted octanol–water partition coefficient (Wildman–Crippen LogP) is 13.9. The molecule has 0 aromatic rings. The zero-order chi connectivity index (χ0) is 43.9. The fourth-order valence-electron chi connectivity index (χ4n) is 6.52. The molecule has 10 heteroatoms. The van der Waals surface area contributed by atoms with Gasteiger partial charge in [-0.05, 0) is 77.0 Å². The van der Waals surface area contributed by atoms with Crippen LogP contribution in [0.2, 0.25) is 0 Å². The third-order valence-corrected chi connectivity index (χ3v) is 11.1. The normalized spacial score (nSPS) is 14.4. The van der Waals surface area contributed by atoms with Crippen LogP contribution in [0.3, 0.4) is 0 Å². The van der Waals surface area contributed by atoms with Gasteiger partial charge >= 0.3 is 13.8 Å². The van der Waals surface area contributed by atoms with Gasteiger partial charge in [0, 0.05) is 13.0 Å². The van der Waals surface area contributed by atoms with Gasteiger partial charge in [-0.2, -0.15) is 0 Å². The maximum atomic E-state index is 12.7. The molecule has 3 N–H and O–H groups in total.